The van der Waals surface area contributed by atoms with Gasteiger partial charge in [0, 0.05) is 32.2 Å². The molecule has 2 aliphatic rings. The molecule has 22 heavy (non-hydrogen) atoms. The van der Waals surface area contributed by atoms with E-state index in [1.165, 1.54) is 38.0 Å². The number of benzene rings is 1. The lowest BCUT2D eigenvalue weighted by atomic mass is 9.98. The summed E-state index contributed by atoms with van der Waals surface area (Å²) < 4.78 is 18.7. The van der Waals surface area contributed by atoms with Gasteiger partial charge in [0.15, 0.2) is 11.6 Å². The molecule has 0 spiro atoms. The van der Waals surface area contributed by atoms with Crippen molar-refractivity contribution in [3.63, 3.8) is 0 Å². The molecule has 1 atom stereocenters. The molecule has 1 aromatic carbocycles. The third kappa shape index (κ3) is 4.72. The Labute approximate surface area is 144 Å². The van der Waals surface area contributed by atoms with Crippen LogP contribution >= 0.6 is 24.8 Å². The quantitative estimate of drug-likeness (QED) is 0.880. The van der Waals surface area contributed by atoms with E-state index in [9.17, 15) is 4.39 Å². The van der Waals surface area contributed by atoms with E-state index in [-0.39, 0.29) is 30.6 Å². The second-order valence-corrected chi connectivity index (χ2v) is 5.87. The second-order valence-electron chi connectivity index (χ2n) is 5.87. The van der Waals surface area contributed by atoms with Gasteiger partial charge >= 0.3 is 0 Å². The highest BCUT2D eigenvalue weighted by Crippen LogP contribution is 2.40. The van der Waals surface area contributed by atoms with E-state index in [4.69, 9.17) is 4.74 Å². The molecule has 1 N–H and O–H groups in total. The van der Waals surface area contributed by atoms with Crippen molar-refractivity contribution in [3.05, 3.63) is 29.6 Å². The monoisotopic (exact) mass is 350 g/mol. The first-order valence-corrected chi connectivity index (χ1v) is 7.56. The zero-order chi connectivity index (χ0) is 13.9. The zero-order valence-electron chi connectivity index (χ0n) is 12.9. The molecule has 3 rings (SSSR count). The number of hydrogen-bond acceptors (Lipinski definition) is 3. The standard InChI is InChI=1S/C16H23FN2O.2ClH/c1-20-16-11-13(4-5-14(16)17)15(10-12-2-3-12)19-8-6-18-7-9-19;;/h4-5,11-12,15,18H,2-3,6-10H2,1H3;2*1H/t15-;;/m1../s1. The van der Waals surface area contributed by atoms with Crippen LogP contribution < -0.4 is 10.1 Å². The molecular formula is C16H25Cl2FN2O. The van der Waals surface area contributed by atoms with E-state index in [1.54, 1.807) is 0 Å². The van der Waals surface area contributed by atoms with Crippen molar-refractivity contribution in [2.75, 3.05) is 33.3 Å². The number of nitrogens with zero attached hydrogens (tertiary/aromatic N) is 1. The van der Waals surface area contributed by atoms with Gasteiger partial charge in [0.1, 0.15) is 0 Å². The lowest BCUT2D eigenvalue weighted by Crippen LogP contribution is -2.45. The van der Waals surface area contributed by atoms with Crippen LogP contribution in [0.15, 0.2) is 18.2 Å². The summed E-state index contributed by atoms with van der Waals surface area (Å²) in [6, 6.07) is 5.74. The smallest absolute Gasteiger partial charge is 0.165 e. The van der Waals surface area contributed by atoms with E-state index in [0.29, 0.717) is 11.8 Å². The average Bonchev–Trinajstić information content (AvgIpc) is 3.30. The summed E-state index contributed by atoms with van der Waals surface area (Å²) in [4.78, 5) is 2.53. The van der Waals surface area contributed by atoms with Gasteiger partial charge in [-0.15, -0.1) is 24.8 Å². The fourth-order valence-corrected chi connectivity index (χ4v) is 3.04. The summed E-state index contributed by atoms with van der Waals surface area (Å²) in [6.45, 7) is 4.22. The lowest BCUT2D eigenvalue weighted by Gasteiger charge is -2.35. The van der Waals surface area contributed by atoms with Crippen molar-refractivity contribution in [2.45, 2.75) is 25.3 Å². The number of halogens is 3. The highest BCUT2D eigenvalue weighted by atomic mass is 35.5. The Morgan fingerprint density at radius 1 is 1.27 bits per heavy atom. The second kappa shape index (κ2) is 8.92. The summed E-state index contributed by atoms with van der Waals surface area (Å²) in [5.41, 5.74) is 1.19. The molecule has 126 valence electrons. The van der Waals surface area contributed by atoms with E-state index in [0.717, 1.165) is 32.1 Å². The predicted octanol–water partition coefficient (Wildman–Crippen LogP) is 3.42. The normalized spacial score (nSPS) is 19.7. The summed E-state index contributed by atoms with van der Waals surface area (Å²) in [5, 5.41) is 3.40. The first kappa shape index (κ1) is 19.5. The fraction of sp³-hybridized carbons (Fsp3) is 0.625. The molecule has 6 heteroatoms. The maximum absolute atomic E-state index is 13.6. The van der Waals surface area contributed by atoms with Gasteiger partial charge in [0.05, 0.1) is 7.11 Å². The minimum absolute atomic E-state index is 0. The van der Waals surface area contributed by atoms with Crippen LogP contribution in [0.25, 0.3) is 0 Å². The highest BCUT2D eigenvalue weighted by Gasteiger charge is 2.30. The number of piperazine rings is 1. The molecule has 0 bridgehead atoms. The molecule has 1 saturated carbocycles. The van der Waals surface area contributed by atoms with E-state index < -0.39 is 0 Å². The number of hydrogen-bond donors (Lipinski definition) is 1. The highest BCUT2D eigenvalue weighted by molar-refractivity contribution is 5.85. The summed E-state index contributed by atoms with van der Waals surface area (Å²) >= 11 is 0. The Balaban J connectivity index is 0.00000121. The molecule has 0 unspecified atom stereocenters. The number of nitrogens with one attached hydrogen (secondary N) is 1. The Morgan fingerprint density at radius 3 is 2.55 bits per heavy atom. The van der Waals surface area contributed by atoms with Crippen molar-refractivity contribution in [1.82, 2.24) is 10.2 Å². The number of ether oxygens (including phenoxy) is 1. The maximum atomic E-state index is 13.6. The summed E-state index contributed by atoms with van der Waals surface area (Å²) in [5.74, 6) is 0.936. The molecule has 1 aliphatic heterocycles. The van der Waals surface area contributed by atoms with Gasteiger partial charge in [-0.3, -0.25) is 4.90 Å². The predicted molar refractivity (Wildman–Crippen MR) is 92.0 cm³/mol. The molecule has 1 aliphatic carbocycles. The van der Waals surface area contributed by atoms with Gasteiger partial charge in [-0.1, -0.05) is 18.9 Å². The van der Waals surface area contributed by atoms with Crippen molar-refractivity contribution in [2.24, 2.45) is 5.92 Å². The molecule has 3 nitrogen and oxygen atoms in total. The average molecular weight is 351 g/mol. The van der Waals surface area contributed by atoms with Crippen LogP contribution in [0.3, 0.4) is 0 Å². The molecular weight excluding hydrogens is 326 g/mol. The van der Waals surface area contributed by atoms with Gasteiger partial charge in [0.25, 0.3) is 0 Å². The SMILES string of the molecule is COc1cc([C@@H](CC2CC2)N2CCNCC2)ccc1F.Cl.Cl. The molecule has 1 aromatic rings. The van der Waals surface area contributed by atoms with Crippen molar-refractivity contribution in [1.29, 1.82) is 0 Å². The van der Waals surface area contributed by atoms with Crippen LogP contribution in [0, 0.1) is 11.7 Å². The van der Waals surface area contributed by atoms with Crippen molar-refractivity contribution < 1.29 is 9.13 Å². The summed E-state index contributed by atoms with van der Waals surface area (Å²) in [6.07, 6.45) is 3.89. The maximum Gasteiger partial charge on any atom is 0.165 e. The Hall–Kier alpha value is -0.550. The van der Waals surface area contributed by atoms with Crippen LogP contribution in [0.4, 0.5) is 4.39 Å². The molecule has 0 aromatic heterocycles. The zero-order valence-corrected chi connectivity index (χ0v) is 14.5. The third-order valence-corrected chi connectivity index (χ3v) is 4.41. The van der Waals surface area contributed by atoms with Crippen molar-refractivity contribution >= 4 is 24.8 Å². The van der Waals surface area contributed by atoms with Crippen LogP contribution in [0.1, 0.15) is 30.9 Å². The van der Waals surface area contributed by atoms with E-state index in [1.807, 2.05) is 12.1 Å². The third-order valence-electron chi connectivity index (χ3n) is 4.41. The Bertz CT molecular complexity index is 465. The van der Waals surface area contributed by atoms with Gasteiger partial charge in [-0.25, -0.2) is 4.39 Å². The first-order chi connectivity index (χ1) is 9.78. The molecule has 1 saturated heterocycles. The van der Waals surface area contributed by atoms with Gasteiger partial charge < -0.3 is 10.1 Å². The number of methoxy groups -OCH3 is 1. The first-order valence-electron chi connectivity index (χ1n) is 7.56. The van der Waals surface area contributed by atoms with Crippen LogP contribution in [0.5, 0.6) is 5.75 Å². The minimum Gasteiger partial charge on any atom is -0.494 e. The number of rotatable bonds is 5. The van der Waals surface area contributed by atoms with Crippen LogP contribution in [0.2, 0.25) is 0 Å². The molecule has 0 radical (unpaired) electrons. The van der Waals surface area contributed by atoms with E-state index >= 15 is 0 Å². The minimum atomic E-state index is -0.276. The molecule has 0 amide bonds. The van der Waals surface area contributed by atoms with Gasteiger partial charge in [-0.05, 0) is 30.0 Å². The fourth-order valence-electron chi connectivity index (χ4n) is 3.04. The Kier molecular flexibility index (Phi) is 7.90. The van der Waals surface area contributed by atoms with Gasteiger partial charge in [-0.2, -0.15) is 0 Å². The lowest BCUT2D eigenvalue weighted by molar-refractivity contribution is 0.160. The summed E-state index contributed by atoms with van der Waals surface area (Å²) in [7, 11) is 1.53. The molecule has 1 heterocycles. The Morgan fingerprint density at radius 2 is 1.95 bits per heavy atom. The van der Waals surface area contributed by atoms with Crippen LogP contribution in [-0.2, 0) is 0 Å². The topological polar surface area (TPSA) is 24.5 Å². The van der Waals surface area contributed by atoms with E-state index in [2.05, 4.69) is 10.2 Å². The largest absolute Gasteiger partial charge is 0.494 e. The van der Waals surface area contributed by atoms with Crippen LogP contribution in [-0.4, -0.2) is 38.2 Å². The van der Waals surface area contributed by atoms with Crippen molar-refractivity contribution in [3.8, 4) is 5.75 Å². The molecule has 2 fully saturated rings. The van der Waals surface area contributed by atoms with Gasteiger partial charge in [0.2, 0.25) is 0 Å².